The number of carboxylic acids is 1. The molecule has 0 bridgehead atoms. The third-order valence-electron chi connectivity index (χ3n) is 7.90. The van der Waals surface area contributed by atoms with Crippen molar-refractivity contribution in [3.63, 3.8) is 0 Å². The molecule has 1 aliphatic carbocycles. The number of fused-ring (bicyclic) bond motifs is 3. The van der Waals surface area contributed by atoms with Gasteiger partial charge in [0.2, 0.25) is 11.9 Å². The molecular weight excluding hydrogens is 634 g/mol. The van der Waals surface area contributed by atoms with Gasteiger partial charge >= 0.3 is 24.2 Å². The highest BCUT2D eigenvalue weighted by molar-refractivity contribution is 6.01. The van der Waals surface area contributed by atoms with Gasteiger partial charge in [0, 0.05) is 25.4 Å². The highest BCUT2D eigenvalue weighted by atomic mass is 16.6. The number of nitrogens with one attached hydrogen (secondary N) is 3. The Bertz CT molecular complexity index is 1520. The van der Waals surface area contributed by atoms with E-state index in [1.54, 1.807) is 41.5 Å². The number of carbonyl (C=O) groups is 5. The maximum atomic E-state index is 13.0. The Hall–Kier alpha value is -5.14. The summed E-state index contributed by atoms with van der Waals surface area (Å²) >= 11 is 0. The van der Waals surface area contributed by atoms with Crippen LogP contribution in [0, 0.1) is 0 Å². The molecule has 2 aliphatic rings. The second-order valence-electron chi connectivity index (χ2n) is 14.0. The summed E-state index contributed by atoms with van der Waals surface area (Å²) in [6.07, 6.45) is -2.74. The zero-order valence-corrected chi connectivity index (χ0v) is 28.8. The summed E-state index contributed by atoms with van der Waals surface area (Å²) in [4.78, 5) is 68.6. The molecule has 0 saturated carbocycles. The van der Waals surface area contributed by atoms with Crippen molar-refractivity contribution in [3.05, 3.63) is 59.7 Å². The van der Waals surface area contributed by atoms with E-state index < -0.39 is 41.0 Å². The van der Waals surface area contributed by atoms with Crippen molar-refractivity contribution in [3.8, 4) is 11.1 Å². The predicted octanol–water partition coefficient (Wildman–Crippen LogP) is 4.77. The van der Waals surface area contributed by atoms with Gasteiger partial charge in [0.1, 0.15) is 23.3 Å². The lowest BCUT2D eigenvalue weighted by Crippen LogP contribution is -2.60. The van der Waals surface area contributed by atoms with Crippen LogP contribution in [-0.2, 0) is 23.8 Å². The van der Waals surface area contributed by atoms with E-state index in [9.17, 15) is 29.1 Å². The first-order chi connectivity index (χ1) is 23.0. The van der Waals surface area contributed by atoms with Crippen LogP contribution in [-0.4, -0.2) is 89.1 Å². The molecule has 0 atom stereocenters. The van der Waals surface area contributed by atoms with E-state index in [4.69, 9.17) is 14.2 Å². The number of aliphatic imine (C=N–C) groups is 1. The fourth-order valence-corrected chi connectivity index (χ4v) is 5.69. The number of carbonyl (C=O) groups excluding carboxylic acids is 4. The van der Waals surface area contributed by atoms with Crippen molar-refractivity contribution < 1.29 is 43.3 Å². The minimum Gasteiger partial charge on any atom is -0.480 e. The largest absolute Gasteiger partial charge is 0.480 e. The van der Waals surface area contributed by atoms with E-state index >= 15 is 0 Å². The summed E-state index contributed by atoms with van der Waals surface area (Å²) < 4.78 is 16.0. The molecule has 0 unspecified atom stereocenters. The number of aliphatic carboxylic acids is 1. The van der Waals surface area contributed by atoms with E-state index in [0.29, 0.717) is 0 Å². The van der Waals surface area contributed by atoms with E-state index in [1.165, 1.54) is 4.90 Å². The second kappa shape index (κ2) is 15.0. The van der Waals surface area contributed by atoms with Gasteiger partial charge in [-0.2, -0.15) is 0 Å². The van der Waals surface area contributed by atoms with Crippen molar-refractivity contribution >= 4 is 36.1 Å². The normalized spacial score (nSPS) is 15.2. The van der Waals surface area contributed by atoms with Crippen LogP contribution in [0.15, 0.2) is 53.5 Å². The van der Waals surface area contributed by atoms with Gasteiger partial charge < -0.3 is 29.5 Å². The van der Waals surface area contributed by atoms with E-state index in [-0.39, 0.29) is 63.3 Å². The lowest BCUT2D eigenvalue weighted by atomic mass is 9.87. The molecule has 4 N–H and O–H groups in total. The SMILES string of the molecule is CC(C)(C)OC(=O)NC(=NCCC(=O)N1CCC(NC(=O)OCC2c3ccccc3-c3ccccc32)(C(=O)O)CC1)NC(=O)OC(C)(C)C. The molecule has 4 rings (SSSR count). The van der Waals surface area contributed by atoms with Crippen LogP contribution in [0.25, 0.3) is 11.1 Å². The number of guanidine groups is 1. The van der Waals surface area contributed by atoms with Crippen molar-refractivity contribution in [2.75, 3.05) is 26.2 Å². The summed E-state index contributed by atoms with van der Waals surface area (Å²) in [5.41, 5.74) is 0.994. The Morgan fingerprint density at radius 2 is 1.31 bits per heavy atom. The fourth-order valence-electron chi connectivity index (χ4n) is 5.69. The molecule has 0 aromatic heterocycles. The Labute approximate surface area is 285 Å². The highest BCUT2D eigenvalue weighted by Gasteiger charge is 2.44. The quantitative estimate of drug-likeness (QED) is 0.182. The number of carboxylic acid groups (broad SMARTS) is 1. The van der Waals surface area contributed by atoms with Crippen LogP contribution in [0.4, 0.5) is 14.4 Å². The van der Waals surface area contributed by atoms with E-state index in [1.807, 2.05) is 48.5 Å². The Morgan fingerprint density at radius 3 is 1.78 bits per heavy atom. The van der Waals surface area contributed by atoms with Crippen LogP contribution in [0.1, 0.15) is 77.8 Å². The number of likely N-dealkylation sites (tertiary alicyclic amines) is 1. The summed E-state index contributed by atoms with van der Waals surface area (Å²) in [6, 6.07) is 15.8. The summed E-state index contributed by atoms with van der Waals surface area (Å²) in [5, 5.41) is 17.4. The lowest BCUT2D eigenvalue weighted by molar-refractivity contribution is -0.149. The first-order valence-electron chi connectivity index (χ1n) is 16.2. The van der Waals surface area contributed by atoms with Crippen molar-refractivity contribution in [1.29, 1.82) is 0 Å². The maximum absolute atomic E-state index is 13.0. The fraction of sp³-hybridized carbons (Fsp3) is 0.486. The second-order valence-corrected chi connectivity index (χ2v) is 14.0. The molecule has 49 heavy (non-hydrogen) atoms. The maximum Gasteiger partial charge on any atom is 0.414 e. The molecule has 2 aromatic rings. The summed E-state index contributed by atoms with van der Waals surface area (Å²) in [6.45, 7) is 10.1. The van der Waals surface area contributed by atoms with Gasteiger partial charge in [-0.15, -0.1) is 0 Å². The number of hydrogen-bond donors (Lipinski definition) is 4. The Kier molecular flexibility index (Phi) is 11.2. The molecular formula is C35H45N5O9. The summed E-state index contributed by atoms with van der Waals surface area (Å²) in [7, 11) is 0. The molecule has 14 heteroatoms. The first kappa shape index (κ1) is 36.7. The number of benzene rings is 2. The van der Waals surface area contributed by atoms with Gasteiger partial charge in [-0.25, -0.2) is 19.2 Å². The van der Waals surface area contributed by atoms with Gasteiger partial charge in [-0.1, -0.05) is 48.5 Å². The number of nitrogens with zero attached hydrogens (tertiary/aromatic N) is 2. The highest BCUT2D eigenvalue weighted by Crippen LogP contribution is 2.44. The molecule has 1 saturated heterocycles. The third-order valence-corrected chi connectivity index (χ3v) is 7.90. The number of rotatable bonds is 7. The van der Waals surface area contributed by atoms with Gasteiger partial charge in [0.15, 0.2) is 0 Å². The molecule has 14 nitrogen and oxygen atoms in total. The lowest BCUT2D eigenvalue weighted by Gasteiger charge is -2.39. The Balaban J connectivity index is 1.31. The average molecular weight is 680 g/mol. The van der Waals surface area contributed by atoms with Crippen molar-refractivity contribution in [1.82, 2.24) is 20.9 Å². The van der Waals surface area contributed by atoms with Gasteiger partial charge in [-0.3, -0.25) is 20.4 Å². The molecule has 1 heterocycles. The van der Waals surface area contributed by atoms with Gasteiger partial charge in [0.25, 0.3) is 0 Å². The number of alkyl carbamates (subject to hydrolysis) is 3. The molecule has 264 valence electrons. The third kappa shape index (κ3) is 9.94. The number of amides is 4. The standard InChI is InChI=1S/C35H45N5O9/c1-33(2,3)48-30(44)37-29(38-31(45)49-34(4,5)6)36-18-15-27(41)40-19-16-35(17-20-40,28(42)43)39-32(46)47-21-26-24-13-9-7-11-22(24)23-12-8-10-14-25(23)26/h7-14,26H,15-21H2,1-6H3,(H,39,46)(H,42,43)(H2,36,37,38,44,45). The van der Waals surface area contributed by atoms with E-state index in [0.717, 1.165) is 22.3 Å². The smallest absolute Gasteiger partial charge is 0.414 e. The molecule has 0 radical (unpaired) electrons. The van der Waals surface area contributed by atoms with Crippen LogP contribution < -0.4 is 16.0 Å². The van der Waals surface area contributed by atoms with Crippen LogP contribution in [0.5, 0.6) is 0 Å². The molecule has 2 aromatic carbocycles. The molecule has 1 aliphatic heterocycles. The molecule has 4 amide bonds. The van der Waals surface area contributed by atoms with Crippen molar-refractivity contribution in [2.24, 2.45) is 4.99 Å². The average Bonchev–Trinajstić information content (AvgIpc) is 3.31. The topological polar surface area (TPSA) is 185 Å². The Morgan fingerprint density at radius 1 is 0.816 bits per heavy atom. The van der Waals surface area contributed by atoms with Crippen LogP contribution >= 0.6 is 0 Å². The molecule has 1 fully saturated rings. The van der Waals surface area contributed by atoms with Crippen molar-refractivity contribution in [2.45, 2.75) is 83.5 Å². The minimum atomic E-state index is -1.61. The zero-order chi connectivity index (χ0) is 36.0. The summed E-state index contributed by atoms with van der Waals surface area (Å²) in [5.74, 6) is -1.98. The predicted molar refractivity (Wildman–Crippen MR) is 180 cm³/mol. The molecule has 0 spiro atoms. The monoisotopic (exact) mass is 679 g/mol. The van der Waals surface area contributed by atoms with E-state index in [2.05, 4.69) is 20.9 Å². The van der Waals surface area contributed by atoms with Crippen LogP contribution in [0.2, 0.25) is 0 Å². The minimum absolute atomic E-state index is 0.0345. The number of piperidine rings is 1. The van der Waals surface area contributed by atoms with Gasteiger partial charge in [0.05, 0.1) is 6.54 Å². The number of hydrogen-bond acceptors (Lipinski definition) is 9. The van der Waals surface area contributed by atoms with Crippen LogP contribution in [0.3, 0.4) is 0 Å². The zero-order valence-electron chi connectivity index (χ0n) is 28.8. The number of ether oxygens (including phenoxy) is 3. The van der Waals surface area contributed by atoms with Gasteiger partial charge in [-0.05, 0) is 76.6 Å². The first-order valence-corrected chi connectivity index (χ1v) is 16.2.